The van der Waals surface area contributed by atoms with Crippen LogP contribution in [0.2, 0.25) is 0 Å². The molecule has 0 aromatic rings. The molecule has 44 valence electrons. The van der Waals surface area contributed by atoms with E-state index >= 15 is 0 Å². The van der Waals surface area contributed by atoms with Gasteiger partial charge in [-0.2, -0.15) is 0 Å². The Balaban J connectivity index is 3.50. The van der Waals surface area contributed by atoms with Gasteiger partial charge in [0.05, 0.1) is 0 Å². The predicted molar refractivity (Wildman–Crippen MR) is 33.3 cm³/mol. The van der Waals surface area contributed by atoms with Crippen molar-refractivity contribution in [1.82, 2.24) is 0 Å². The molecule has 0 fully saturated rings. The fourth-order valence-electron chi connectivity index (χ4n) is 0.192. The number of hydrogen-bond donors (Lipinski definition) is 1. The minimum absolute atomic E-state index is 0.472. The smallest absolute Gasteiger partial charge is 0.241 e. The monoisotopic (exact) mass is 131 g/mol. The second kappa shape index (κ2) is 4.40. The normalized spacial score (nSPS) is 11.1. The average molecular weight is 132 g/mol. The number of halogens is 1. The Morgan fingerprint density at radius 3 is 2.50 bits per heavy atom. The van der Waals surface area contributed by atoms with Crippen LogP contribution in [-0.4, -0.2) is 5.91 Å². The first kappa shape index (κ1) is 7.24. The van der Waals surface area contributed by atoms with Crippen molar-refractivity contribution >= 4 is 17.5 Å². The standard InChI is InChI=1S/C5H6ClNO/c6-4-2-1-3-5(7)8/h1-4H,(H2,7,8)/b3-1+,4-2+. The van der Waals surface area contributed by atoms with Crippen molar-refractivity contribution in [2.75, 3.05) is 0 Å². The van der Waals surface area contributed by atoms with Crippen molar-refractivity contribution in [1.29, 1.82) is 0 Å². The van der Waals surface area contributed by atoms with Crippen molar-refractivity contribution in [3.63, 3.8) is 0 Å². The number of primary amides is 1. The lowest BCUT2D eigenvalue weighted by Gasteiger charge is -1.72. The summed E-state index contributed by atoms with van der Waals surface area (Å²) in [5.74, 6) is -0.472. The van der Waals surface area contributed by atoms with E-state index in [0.717, 1.165) is 0 Å². The zero-order valence-corrected chi connectivity index (χ0v) is 4.93. The van der Waals surface area contributed by atoms with Crippen LogP contribution < -0.4 is 5.73 Å². The summed E-state index contributed by atoms with van der Waals surface area (Å²) >= 11 is 5.10. The number of allylic oxidation sites excluding steroid dienone is 2. The number of carbonyl (C=O) groups excluding carboxylic acids is 1. The van der Waals surface area contributed by atoms with Gasteiger partial charge in [0.2, 0.25) is 5.91 Å². The third-order valence-corrected chi connectivity index (χ3v) is 0.590. The number of nitrogens with two attached hydrogens (primary N) is 1. The van der Waals surface area contributed by atoms with Gasteiger partial charge in [-0.3, -0.25) is 4.79 Å². The maximum atomic E-state index is 9.93. The van der Waals surface area contributed by atoms with E-state index in [1.165, 1.54) is 23.8 Å². The van der Waals surface area contributed by atoms with E-state index in [2.05, 4.69) is 0 Å². The van der Waals surface area contributed by atoms with E-state index in [4.69, 9.17) is 17.3 Å². The summed E-state index contributed by atoms with van der Waals surface area (Å²) in [7, 11) is 0. The molecular weight excluding hydrogens is 126 g/mol. The maximum Gasteiger partial charge on any atom is 0.241 e. The van der Waals surface area contributed by atoms with E-state index in [9.17, 15) is 4.79 Å². The average Bonchev–Trinajstić information content (AvgIpc) is 1.66. The predicted octanol–water partition coefficient (Wildman–Crippen LogP) is 0.780. The van der Waals surface area contributed by atoms with Gasteiger partial charge in [0.15, 0.2) is 0 Å². The third-order valence-electron chi connectivity index (χ3n) is 0.444. The Labute approximate surface area is 52.6 Å². The number of rotatable bonds is 2. The van der Waals surface area contributed by atoms with Crippen LogP contribution in [0.1, 0.15) is 0 Å². The summed E-state index contributed by atoms with van der Waals surface area (Å²) in [6.45, 7) is 0. The van der Waals surface area contributed by atoms with E-state index in [1.807, 2.05) is 0 Å². The third kappa shape index (κ3) is 5.24. The molecule has 0 heterocycles. The Morgan fingerprint density at radius 1 is 1.50 bits per heavy atom. The molecule has 0 rings (SSSR count). The van der Waals surface area contributed by atoms with Gasteiger partial charge in [-0.05, 0) is 0 Å². The van der Waals surface area contributed by atoms with Crippen LogP contribution >= 0.6 is 11.6 Å². The van der Waals surface area contributed by atoms with E-state index in [1.54, 1.807) is 0 Å². The highest BCUT2D eigenvalue weighted by molar-refractivity contribution is 6.25. The molecule has 2 N–H and O–H groups in total. The molecular formula is C5H6ClNO. The molecule has 0 aliphatic rings. The van der Waals surface area contributed by atoms with Gasteiger partial charge in [-0.1, -0.05) is 23.8 Å². The van der Waals surface area contributed by atoms with Gasteiger partial charge in [0, 0.05) is 11.6 Å². The second-order valence-electron chi connectivity index (χ2n) is 1.08. The maximum absolute atomic E-state index is 9.93. The van der Waals surface area contributed by atoms with Gasteiger partial charge in [-0.15, -0.1) is 0 Å². The molecule has 0 unspecified atom stereocenters. The van der Waals surface area contributed by atoms with Crippen molar-refractivity contribution in [2.45, 2.75) is 0 Å². The first-order valence-corrected chi connectivity index (χ1v) is 2.44. The van der Waals surface area contributed by atoms with Gasteiger partial charge >= 0.3 is 0 Å². The minimum Gasteiger partial charge on any atom is -0.366 e. The van der Waals surface area contributed by atoms with E-state index in [0.29, 0.717) is 0 Å². The van der Waals surface area contributed by atoms with Gasteiger partial charge in [0.25, 0.3) is 0 Å². The molecule has 0 aromatic carbocycles. The summed E-state index contributed by atoms with van der Waals surface area (Å²) in [6, 6.07) is 0. The summed E-state index contributed by atoms with van der Waals surface area (Å²) in [6.07, 6.45) is 4.19. The Bertz CT molecular complexity index is 128. The summed E-state index contributed by atoms with van der Waals surface area (Å²) in [4.78, 5) is 9.93. The molecule has 0 radical (unpaired) electrons. The summed E-state index contributed by atoms with van der Waals surface area (Å²) < 4.78 is 0. The quantitative estimate of drug-likeness (QED) is 0.437. The molecule has 0 aliphatic heterocycles. The van der Waals surface area contributed by atoms with Crippen LogP contribution in [0.5, 0.6) is 0 Å². The highest BCUT2D eigenvalue weighted by Gasteiger charge is 1.75. The van der Waals surface area contributed by atoms with Crippen LogP contribution in [0, 0.1) is 0 Å². The lowest BCUT2D eigenvalue weighted by molar-refractivity contribution is -0.113. The Kier molecular flexibility index (Phi) is 3.98. The van der Waals surface area contributed by atoms with Crippen LogP contribution in [0.4, 0.5) is 0 Å². The first-order valence-electron chi connectivity index (χ1n) is 2.00. The van der Waals surface area contributed by atoms with Gasteiger partial charge in [0.1, 0.15) is 0 Å². The largest absolute Gasteiger partial charge is 0.366 e. The van der Waals surface area contributed by atoms with Gasteiger partial charge in [-0.25, -0.2) is 0 Å². The highest BCUT2D eigenvalue weighted by atomic mass is 35.5. The molecule has 0 bridgehead atoms. The molecule has 0 atom stereocenters. The number of carbonyl (C=O) groups is 1. The van der Waals surface area contributed by atoms with E-state index < -0.39 is 5.91 Å². The first-order chi connectivity index (χ1) is 3.77. The lowest BCUT2D eigenvalue weighted by atomic mass is 10.5. The fourth-order valence-corrected chi connectivity index (χ4v) is 0.276. The zero-order valence-electron chi connectivity index (χ0n) is 4.17. The van der Waals surface area contributed by atoms with Crippen molar-refractivity contribution < 1.29 is 4.79 Å². The SMILES string of the molecule is NC(=O)/C=C/C=C/Cl. The van der Waals surface area contributed by atoms with Crippen LogP contribution in [0.15, 0.2) is 23.8 Å². The molecule has 0 aliphatic carbocycles. The Hall–Kier alpha value is -0.760. The zero-order chi connectivity index (χ0) is 6.41. The summed E-state index contributed by atoms with van der Waals surface area (Å²) in [5, 5.41) is 0. The van der Waals surface area contributed by atoms with Crippen molar-refractivity contribution in [2.24, 2.45) is 5.73 Å². The number of hydrogen-bond acceptors (Lipinski definition) is 1. The molecule has 8 heavy (non-hydrogen) atoms. The highest BCUT2D eigenvalue weighted by Crippen LogP contribution is 1.78. The van der Waals surface area contributed by atoms with Crippen LogP contribution in [0.3, 0.4) is 0 Å². The lowest BCUT2D eigenvalue weighted by Crippen LogP contribution is -2.04. The molecule has 3 heteroatoms. The topological polar surface area (TPSA) is 43.1 Å². The minimum atomic E-state index is -0.472. The molecule has 0 saturated carbocycles. The Morgan fingerprint density at radius 2 is 2.12 bits per heavy atom. The molecule has 2 nitrogen and oxygen atoms in total. The molecule has 0 saturated heterocycles. The van der Waals surface area contributed by atoms with Crippen molar-refractivity contribution in [3.05, 3.63) is 23.8 Å². The molecule has 1 amide bonds. The van der Waals surface area contributed by atoms with Crippen molar-refractivity contribution in [3.8, 4) is 0 Å². The summed E-state index contributed by atoms with van der Waals surface area (Å²) in [5.41, 5.74) is 6.02. The second-order valence-corrected chi connectivity index (χ2v) is 1.33. The molecule has 0 spiro atoms. The number of amides is 1. The molecule has 0 aromatic heterocycles. The van der Waals surface area contributed by atoms with Crippen LogP contribution in [-0.2, 0) is 4.79 Å². The van der Waals surface area contributed by atoms with Crippen LogP contribution in [0.25, 0.3) is 0 Å². The fraction of sp³-hybridized carbons (Fsp3) is 0. The van der Waals surface area contributed by atoms with E-state index in [-0.39, 0.29) is 0 Å². The van der Waals surface area contributed by atoms with Gasteiger partial charge < -0.3 is 5.73 Å².